The van der Waals surface area contributed by atoms with Crippen LogP contribution in [0.4, 0.5) is 0 Å². The Hall–Kier alpha value is -0.300. The molecule has 0 amide bonds. The van der Waals surface area contributed by atoms with Crippen molar-refractivity contribution < 1.29 is 4.79 Å². The normalized spacial score (nSPS) is 10.3. The average molecular weight is 147 g/mol. The highest BCUT2D eigenvalue weighted by atomic mass is 35.5. The maximum absolute atomic E-state index is 9.72. The van der Waals surface area contributed by atoms with Crippen LogP contribution in [0.3, 0.4) is 0 Å². The van der Waals surface area contributed by atoms with E-state index in [1.807, 2.05) is 6.08 Å². The molecule has 0 aromatic rings. The molecule has 0 fully saturated rings. The van der Waals surface area contributed by atoms with Gasteiger partial charge < -0.3 is 0 Å². The summed E-state index contributed by atoms with van der Waals surface area (Å²) in [7, 11) is 0. The first-order valence-corrected chi connectivity index (χ1v) is 3.61. The summed E-state index contributed by atoms with van der Waals surface area (Å²) in [6, 6.07) is 0. The van der Waals surface area contributed by atoms with Crippen LogP contribution in [0, 0.1) is 0 Å². The van der Waals surface area contributed by atoms with E-state index >= 15 is 0 Å². The summed E-state index contributed by atoms with van der Waals surface area (Å²) < 4.78 is 0. The third-order valence-electron chi connectivity index (χ3n) is 0.969. The zero-order chi connectivity index (χ0) is 6.95. The fourth-order valence-corrected chi connectivity index (χ4v) is 0.697. The molecule has 0 saturated carbocycles. The largest absolute Gasteiger partial charge is 0.299 e. The molecule has 0 aromatic carbocycles. The molecular formula is C7H11ClO. The van der Waals surface area contributed by atoms with Crippen molar-refractivity contribution in [1.82, 2.24) is 0 Å². The molecule has 0 saturated heterocycles. The topological polar surface area (TPSA) is 17.1 Å². The van der Waals surface area contributed by atoms with E-state index < -0.39 is 0 Å². The van der Waals surface area contributed by atoms with Crippen molar-refractivity contribution in [3.63, 3.8) is 0 Å². The molecule has 0 unspecified atom stereocenters. The SMILES string of the molecule is O=C/C=C/CCCCCl. The predicted molar refractivity (Wildman–Crippen MR) is 39.8 cm³/mol. The van der Waals surface area contributed by atoms with E-state index in [2.05, 4.69) is 0 Å². The summed E-state index contributed by atoms with van der Waals surface area (Å²) in [5, 5.41) is 0. The second kappa shape index (κ2) is 7.70. The van der Waals surface area contributed by atoms with Crippen LogP contribution in [0.1, 0.15) is 19.3 Å². The quantitative estimate of drug-likeness (QED) is 0.251. The fraction of sp³-hybridized carbons (Fsp3) is 0.571. The molecule has 0 aromatic heterocycles. The van der Waals surface area contributed by atoms with Crippen LogP contribution >= 0.6 is 11.6 Å². The van der Waals surface area contributed by atoms with Gasteiger partial charge in [-0.1, -0.05) is 6.08 Å². The molecule has 0 heterocycles. The predicted octanol–water partition coefficient (Wildman–Crippen LogP) is 2.15. The van der Waals surface area contributed by atoms with E-state index in [9.17, 15) is 4.79 Å². The Balaban J connectivity index is 2.90. The van der Waals surface area contributed by atoms with E-state index in [-0.39, 0.29) is 0 Å². The summed E-state index contributed by atoms with van der Waals surface area (Å²) >= 11 is 5.42. The number of carbonyl (C=O) groups is 1. The Morgan fingerprint density at radius 2 is 2.11 bits per heavy atom. The van der Waals surface area contributed by atoms with E-state index in [0.29, 0.717) is 0 Å². The first-order valence-electron chi connectivity index (χ1n) is 3.08. The van der Waals surface area contributed by atoms with E-state index in [4.69, 9.17) is 11.6 Å². The molecule has 0 atom stereocenters. The standard InChI is InChI=1S/C7H11ClO/c8-6-4-2-1-3-5-7-9/h3,5,7H,1-2,4,6H2/b5-3+. The van der Waals surface area contributed by atoms with Crippen LogP contribution in [-0.2, 0) is 4.79 Å². The van der Waals surface area contributed by atoms with Crippen LogP contribution in [-0.4, -0.2) is 12.2 Å². The Labute approximate surface area is 60.7 Å². The number of unbranched alkanes of at least 4 members (excludes halogenated alkanes) is 2. The van der Waals surface area contributed by atoms with Gasteiger partial charge in [0, 0.05) is 5.88 Å². The maximum atomic E-state index is 9.72. The number of carbonyl (C=O) groups excluding carboxylic acids is 1. The molecule has 0 rings (SSSR count). The van der Waals surface area contributed by atoms with Crippen LogP contribution < -0.4 is 0 Å². The molecule has 9 heavy (non-hydrogen) atoms. The van der Waals surface area contributed by atoms with Crippen LogP contribution in [0.2, 0.25) is 0 Å². The minimum absolute atomic E-state index is 0.717. The lowest BCUT2D eigenvalue weighted by molar-refractivity contribution is -0.104. The monoisotopic (exact) mass is 146 g/mol. The molecule has 2 heteroatoms. The van der Waals surface area contributed by atoms with Gasteiger partial charge in [0.1, 0.15) is 6.29 Å². The van der Waals surface area contributed by atoms with Crippen LogP contribution in [0.15, 0.2) is 12.2 Å². The third-order valence-corrected chi connectivity index (χ3v) is 1.24. The fourth-order valence-electron chi connectivity index (χ4n) is 0.508. The Bertz CT molecular complexity index is 88.9. The average Bonchev–Trinajstić information content (AvgIpc) is 1.89. The van der Waals surface area contributed by atoms with Crippen molar-refractivity contribution in [1.29, 1.82) is 0 Å². The summed E-state index contributed by atoms with van der Waals surface area (Å²) in [5.74, 6) is 0.717. The summed E-state index contributed by atoms with van der Waals surface area (Å²) in [5.41, 5.74) is 0. The molecule has 0 radical (unpaired) electrons. The molecule has 52 valence electrons. The molecule has 0 aliphatic rings. The van der Waals surface area contributed by atoms with Crippen molar-refractivity contribution in [3.8, 4) is 0 Å². The molecule has 0 aliphatic carbocycles. The zero-order valence-corrected chi connectivity index (χ0v) is 6.10. The summed E-state index contributed by atoms with van der Waals surface area (Å²) in [4.78, 5) is 9.72. The van der Waals surface area contributed by atoms with Crippen LogP contribution in [0.25, 0.3) is 0 Å². The summed E-state index contributed by atoms with van der Waals surface area (Å²) in [6.07, 6.45) is 7.25. The van der Waals surface area contributed by atoms with Gasteiger partial charge in [-0.2, -0.15) is 0 Å². The Morgan fingerprint density at radius 3 is 2.67 bits per heavy atom. The molecule has 0 aliphatic heterocycles. The smallest absolute Gasteiger partial charge is 0.142 e. The lowest BCUT2D eigenvalue weighted by atomic mass is 10.2. The van der Waals surface area contributed by atoms with Gasteiger partial charge >= 0.3 is 0 Å². The number of allylic oxidation sites excluding steroid dienone is 2. The number of hydrogen-bond donors (Lipinski definition) is 0. The second-order valence-electron chi connectivity index (χ2n) is 1.75. The lowest BCUT2D eigenvalue weighted by Gasteiger charge is -1.87. The molecule has 0 bridgehead atoms. The first-order chi connectivity index (χ1) is 4.41. The molecular weight excluding hydrogens is 136 g/mol. The number of hydrogen-bond acceptors (Lipinski definition) is 1. The number of aldehydes is 1. The van der Waals surface area contributed by atoms with Crippen molar-refractivity contribution >= 4 is 17.9 Å². The first kappa shape index (κ1) is 8.70. The van der Waals surface area contributed by atoms with Crippen molar-refractivity contribution in [2.24, 2.45) is 0 Å². The molecule has 0 spiro atoms. The van der Waals surface area contributed by atoms with Crippen molar-refractivity contribution in [2.75, 3.05) is 5.88 Å². The van der Waals surface area contributed by atoms with Gasteiger partial charge in [-0.25, -0.2) is 0 Å². The highest BCUT2D eigenvalue weighted by Gasteiger charge is 1.80. The third kappa shape index (κ3) is 7.70. The second-order valence-corrected chi connectivity index (χ2v) is 2.13. The van der Waals surface area contributed by atoms with Gasteiger partial charge in [-0.3, -0.25) is 4.79 Å². The van der Waals surface area contributed by atoms with Gasteiger partial charge in [0.05, 0.1) is 0 Å². The maximum Gasteiger partial charge on any atom is 0.142 e. The zero-order valence-electron chi connectivity index (χ0n) is 5.35. The van der Waals surface area contributed by atoms with E-state index in [0.717, 1.165) is 31.4 Å². The Kier molecular flexibility index (Phi) is 7.44. The Morgan fingerprint density at radius 1 is 1.33 bits per heavy atom. The summed E-state index contributed by atoms with van der Waals surface area (Å²) in [6.45, 7) is 0. The van der Waals surface area contributed by atoms with Crippen molar-refractivity contribution in [2.45, 2.75) is 19.3 Å². The van der Waals surface area contributed by atoms with Gasteiger partial charge in [0.25, 0.3) is 0 Å². The number of alkyl halides is 1. The molecule has 1 nitrogen and oxygen atoms in total. The van der Waals surface area contributed by atoms with Gasteiger partial charge in [0.15, 0.2) is 0 Å². The van der Waals surface area contributed by atoms with E-state index in [1.54, 1.807) is 0 Å². The van der Waals surface area contributed by atoms with Crippen LogP contribution in [0.5, 0.6) is 0 Å². The van der Waals surface area contributed by atoms with Gasteiger partial charge in [-0.15, -0.1) is 11.6 Å². The van der Waals surface area contributed by atoms with Gasteiger partial charge in [-0.05, 0) is 25.3 Å². The van der Waals surface area contributed by atoms with Gasteiger partial charge in [0.2, 0.25) is 0 Å². The van der Waals surface area contributed by atoms with Crippen molar-refractivity contribution in [3.05, 3.63) is 12.2 Å². The highest BCUT2D eigenvalue weighted by molar-refractivity contribution is 6.17. The highest BCUT2D eigenvalue weighted by Crippen LogP contribution is 1.96. The van der Waals surface area contributed by atoms with E-state index in [1.165, 1.54) is 6.08 Å². The number of halogens is 1. The minimum Gasteiger partial charge on any atom is -0.299 e. The molecule has 0 N–H and O–H groups in total. The number of rotatable bonds is 5. The minimum atomic E-state index is 0.717. The lowest BCUT2D eigenvalue weighted by Crippen LogP contribution is -1.73.